The van der Waals surface area contributed by atoms with Crippen LogP contribution in [0.25, 0.3) is 11.1 Å². The molecule has 1 saturated carbocycles. The smallest absolute Gasteiger partial charge is 0.410 e. The molecule has 0 aromatic heterocycles. The summed E-state index contributed by atoms with van der Waals surface area (Å²) in [6, 6.07) is 17.8. The molecular formula is C23H29NO2. The largest absolute Gasteiger partial charge is 0.412 e. The Morgan fingerprint density at radius 3 is 2.27 bits per heavy atom. The van der Waals surface area contributed by atoms with E-state index in [2.05, 4.69) is 38.2 Å². The predicted octanol–water partition coefficient (Wildman–Crippen LogP) is 6.05. The molecule has 0 saturated heterocycles. The number of amides is 1. The van der Waals surface area contributed by atoms with Crippen molar-refractivity contribution in [1.82, 2.24) is 5.32 Å². The van der Waals surface area contributed by atoms with Gasteiger partial charge in [0.15, 0.2) is 0 Å². The van der Waals surface area contributed by atoms with Crippen molar-refractivity contribution in [2.75, 3.05) is 6.54 Å². The molecule has 3 rings (SSSR count). The summed E-state index contributed by atoms with van der Waals surface area (Å²) in [5.74, 6) is 0.566. The molecule has 3 nitrogen and oxygen atoms in total. The highest BCUT2D eigenvalue weighted by Crippen LogP contribution is 2.45. The Bertz CT molecular complexity index is 737. The van der Waals surface area contributed by atoms with Crippen molar-refractivity contribution in [3.05, 3.63) is 54.6 Å². The molecule has 26 heavy (non-hydrogen) atoms. The highest BCUT2D eigenvalue weighted by molar-refractivity contribution is 5.71. The Morgan fingerprint density at radius 2 is 1.62 bits per heavy atom. The van der Waals surface area contributed by atoms with E-state index >= 15 is 0 Å². The Hall–Kier alpha value is -2.29. The van der Waals surface area contributed by atoms with Gasteiger partial charge in [-0.1, -0.05) is 69.7 Å². The van der Waals surface area contributed by atoms with Gasteiger partial charge in [-0.2, -0.15) is 0 Å². The molecule has 0 aliphatic heterocycles. The first kappa shape index (κ1) is 18.5. The molecule has 138 valence electrons. The van der Waals surface area contributed by atoms with Crippen molar-refractivity contribution >= 4 is 6.09 Å². The lowest BCUT2D eigenvalue weighted by Gasteiger charge is -2.42. The summed E-state index contributed by atoms with van der Waals surface area (Å²) in [7, 11) is 0. The molecule has 1 unspecified atom stereocenters. The van der Waals surface area contributed by atoms with E-state index in [4.69, 9.17) is 4.74 Å². The second-order valence-electron chi connectivity index (χ2n) is 8.64. The molecule has 1 aliphatic rings. The Balaban J connectivity index is 1.53. The van der Waals surface area contributed by atoms with Crippen molar-refractivity contribution in [1.29, 1.82) is 0 Å². The second kappa shape index (κ2) is 7.53. The van der Waals surface area contributed by atoms with Crippen LogP contribution in [0.4, 0.5) is 4.79 Å². The zero-order valence-corrected chi connectivity index (χ0v) is 16.0. The predicted molar refractivity (Wildman–Crippen MR) is 106 cm³/mol. The van der Waals surface area contributed by atoms with Crippen molar-refractivity contribution in [2.24, 2.45) is 10.8 Å². The van der Waals surface area contributed by atoms with Gasteiger partial charge in [-0.15, -0.1) is 0 Å². The first-order valence-electron chi connectivity index (χ1n) is 9.47. The normalized spacial score (nSPS) is 21.8. The summed E-state index contributed by atoms with van der Waals surface area (Å²) in [6.07, 6.45) is 4.40. The van der Waals surface area contributed by atoms with E-state index in [9.17, 15) is 4.79 Å². The van der Waals surface area contributed by atoms with Gasteiger partial charge in [0.1, 0.15) is 5.75 Å². The number of hydrogen-bond acceptors (Lipinski definition) is 2. The summed E-state index contributed by atoms with van der Waals surface area (Å²) in [5, 5.41) is 2.96. The highest BCUT2D eigenvalue weighted by Gasteiger charge is 2.36. The number of carbonyl (C=O) groups is 1. The molecule has 1 N–H and O–H groups in total. The number of benzene rings is 2. The minimum Gasteiger partial charge on any atom is -0.410 e. The summed E-state index contributed by atoms with van der Waals surface area (Å²) in [5.41, 5.74) is 2.76. The van der Waals surface area contributed by atoms with Crippen LogP contribution < -0.4 is 10.1 Å². The summed E-state index contributed by atoms with van der Waals surface area (Å²) < 4.78 is 5.44. The molecule has 1 amide bonds. The molecule has 3 heteroatoms. The monoisotopic (exact) mass is 351 g/mol. The summed E-state index contributed by atoms with van der Waals surface area (Å²) in [4.78, 5) is 12.2. The first-order chi connectivity index (χ1) is 12.4. The van der Waals surface area contributed by atoms with Crippen LogP contribution >= 0.6 is 0 Å². The van der Waals surface area contributed by atoms with Gasteiger partial charge in [-0.3, -0.25) is 0 Å². The zero-order chi connectivity index (χ0) is 18.6. The molecule has 0 spiro atoms. The average molecular weight is 351 g/mol. The van der Waals surface area contributed by atoms with Crippen LogP contribution in [0.3, 0.4) is 0 Å². The van der Waals surface area contributed by atoms with Crippen molar-refractivity contribution in [2.45, 2.75) is 46.5 Å². The lowest BCUT2D eigenvalue weighted by Crippen LogP contribution is -2.41. The number of rotatable bonds is 4. The van der Waals surface area contributed by atoms with Crippen molar-refractivity contribution in [3.63, 3.8) is 0 Å². The second-order valence-corrected chi connectivity index (χ2v) is 8.64. The maximum absolute atomic E-state index is 12.2. The Kier molecular flexibility index (Phi) is 5.36. The number of hydrogen-bond donors (Lipinski definition) is 1. The fraction of sp³-hybridized carbons (Fsp3) is 0.435. The minimum atomic E-state index is -0.373. The lowest BCUT2D eigenvalue weighted by atomic mass is 9.64. The van der Waals surface area contributed by atoms with Crippen LogP contribution in [-0.4, -0.2) is 12.6 Å². The SMILES string of the molecule is CC1(C)CCCC(C)(CNC(=O)Oc2ccc(-c3ccccc3)cc2)C1. The molecular weight excluding hydrogens is 322 g/mol. The minimum absolute atomic E-state index is 0.151. The fourth-order valence-electron chi connectivity index (χ4n) is 4.25. The van der Waals surface area contributed by atoms with Crippen LogP contribution in [0, 0.1) is 10.8 Å². The number of nitrogens with one attached hydrogen (secondary N) is 1. The molecule has 2 aromatic carbocycles. The Labute approximate surface area is 156 Å². The molecule has 0 heterocycles. The topological polar surface area (TPSA) is 38.3 Å². The van der Waals surface area contributed by atoms with Crippen LogP contribution in [0.1, 0.15) is 46.5 Å². The third kappa shape index (κ3) is 4.87. The van der Waals surface area contributed by atoms with Gasteiger partial charge in [0, 0.05) is 6.54 Å². The van der Waals surface area contributed by atoms with Gasteiger partial charge < -0.3 is 10.1 Å². The Morgan fingerprint density at radius 1 is 0.962 bits per heavy atom. The van der Waals surface area contributed by atoms with Crippen LogP contribution in [0.2, 0.25) is 0 Å². The third-order valence-electron chi connectivity index (χ3n) is 5.37. The van der Waals surface area contributed by atoms with E-state index in [1.54, 1.807) is 0 Å². The summed E-state index contributed by atoms with van der Waals surface area (Å²) >= 11 is 0. The van der Waals surface area contributed by atoms with Gasteiger partial charge >= 0.3 is 6.09 Å². The fourth-order valence-corrected chi connectivity index (χ4v) is 4.25. The van der Waals surface area contributed by atoms with E-state index in [1.165, 1.54) is 12.8 Å². The standard InChI is InChI=1S/C23H29NO2/c1-22(2)14-7-15-23(3,16-22)17-24-21(25)26-20-12-10-19(11-13-20)18-8-5-4-6-9-18/h4-6,8-13H,7,14-17H2,1-3H3,(H,24,25). The van der Waals surface area contributed by atoms with Crippen LogP contribution in [0.5, 0.6) is 5.75 Å². The molecule has 1 atom stereocenters. The van der Waals surface area contributed by atoms with Gasteiger partial charge in [0.25, 0.3) is 0 Å². The van der Waals surface area contributed by atoms with E-state index in [0.717, 1.165) is 24.0 Å². The molecule has 1 aliphatic carbocycles. The number of carbonyl (C=O) groups excluding carboxylic acids is 1. The summed E-state index contributed by atoms with van der Waals surface area (Å²) in [6.45, 7) is 7.56. The van der Waals surface area contributed by atoms with Crippen molar-refractivity contribution < 1.29 is 9.53 Å². The van der Waals surface area contributed by atoms with E-state index in [0.29, 0.717) is 17.7 Å². The van der Waals surface area contributed by atoms with Crippen LogP contribution in [-0.2, 0) is 0 Å². The van der Waals surface area contributed by atoms with E-state index in [-0.39, 0.29) is 11.5 Å². The quantitative estimate of drug-likeness (QED) is 0.728. The molecule has 0 radical (unpaired) electrons. The highest BCUT2D eigenvalue weighted by atomic mass is 16.6. The zero-order valence-electron chi connectivity index (χ0n) is 16.0. The average Bonchev–Trinajstić information content (AvgIpc) is 2.60. The molecule has 1 fully saturated rings. The van der Waals surface area contributed by atoms with Gasteiger partial charge in [-0.25, -0.2) is 4.79 Å². The van der Waals surface area contributed by atoms with E-state index < -0.39 is 0 Å². The van der Waals surface area contributed by atoms with E-state index in [1.807, 2.05) is 42.5 Å². The van der Waals surface area contributed by atoms with Crippen molar-refractivity contribution in [3.8, 4) is 16.9 Å². The molecule has 0 bridgehead atoms. The number of ether oxygens (including phenoxy) is 1. The molecule has 2 aromatic rings. The third-order valence-corrected chi connectivity index (χ3v) is 5.37. The lowest BCUT2D eigenvalue weighted by molar-refractivity contribution is 0.0969. The van der Waals surface area contributed by atoms with Crippen LogP contribution in [0.15, 0.2) is 54.6 Å². The first-order valence-corrected chi connectivity index (χ1v) is 9.47. The van der Waals surface area contributed by atoms with Gasteiger partial charge in [0.2, 0.25) is 0 Å². The maximum atomic E-state index is 12.2. The maximum Gasteiger partial charge on any atom is 0.412 e. The van der Waals surface area contributed by atoms with Gasteiger partial charge in [-0.05, 0) is 53.4 Å². The van der Waals surface area contributed by atoms with Gasteiger partial charge in [0.05, 0.1) is 0 Å².